The highest BCUT2D eigenvalue weighted by molar-refractivity contribution is 7.81. The van der Waals surface area contributed by atoms with Crippen LogP contribution in [0.15, 0.2) is 18.2 Å². The molecule has 0 heterocycles. The van der Waals surface area contributed by atoms with Crippen molar-refractivity contribution in [1.82, 2.24) is 0 Å². The average molecular weight is 220 g/mol. The smallest absolute Gasteiger partial charge is 0.234 e. The van der Waals surface area contributed by atoms with E-state index < -0.39 is 11.7 Å². The molecule has 13 heavy (non-hydrogen) atoms. The van der Waals surface area contributed by atoms with Gasteiger partial charge in [-0.1, -0.05) is 17.7 Å². The van der Waals surface area contributed by atoms with Gasteiger partial charge in [0.05, 0.1) is 16.5 Å². The van der Waals surface area contributed by atoms with E-state index in [2.05, 4.69) is 17.9 Å². The molecule has 1 amide bonds. The van der Waals surface area contributed by atoms with Crippen LogP contribution >= 0.6 is 24.2 Å². The molecule has 1 aromatic rings. The number of nitrogens with one attached hydrogen (secondary N) is 1. The fourth-order valence-corrected chi connectivity index (χ4v) is 1.09. The van der Waals surface area contributed by atoms with Gasteiger partial charge in [-0.15, -0.1) is 0 Å². The first-order valence-corrected chi connectivity index (χ1v) is 4.51. The molecule has 0 aromatic heterocycles. The molecule has 5 heteroatoms. The molecule has 0 atom stereocenters. The predicted molar refractivity (Wildman–Crippen MR) is 53.9 cm³/mol. The third-order valence-corrected chi connectivity index (χ3v) is 1.97. The van der Waals surface area contributed by atoms with E-state index in [-0.39, 0.29) is 16.5 Å². The molecular formula is C8H7ClFNOS. The molecule has 0 aliphatic rings. The van der Waals surface area contributed by atoms with Gasteiger partial charge in [-0.25, -0.2) is 4.39 Å². The number of hydrogen-bond acceptors (Lipinski definition) is 2. The van der Waals surface area contributed by atoms with Crippen molar-refractivity contribution in [2.24, 2.45) is 0 Å². The zero-order valence-corrected chi connectivity index (χ0v) is 8.20. The molecule has 2 nitrogen and oxygen atoms in total. The fourth-order valence-electron chi connectivity index (χ4n) is 0.796. The number of para-hydroxylation sites is 1. The molecule has 0 saturated heterocycles. The Labute approximate surface area is 85.5 Å². The highest BCUT2D eigenvalue weighted by Gasteiger charge is 2.08. The van der Waals surface area contributed by atoms with Gasteiger partial charge in [0.25, 0.3) is 0 Å². The number of carbonyl (C=O) groups excluding carboxylic acids is 1. The Morgan fingerprint density at radius 2 is 2.31 bits per heavy atom. The van der Waals surface area contributed by atoms with Gasteiger partial charge in [-0.05, 0) is 12.1 Å². The molecular weight excluding hydrogens is 213 g/mol. The summed E-state index contributed by atoms with van der Waals surface area (Å²) < 4.78 is 13.0. The minimum absolute atomic E-state index is 0.00298. The Morgan fingerprint density at radius 3 is 2.85 bits per heavy atom. The minimum Gasteiger partial charge on any atom is -0.322 e. The van der Waals surface area contributed by atoms with Crippen molar-refractivity contribution in [3.05, 3.63) is 29.0 Å². The molecule has 1 rings (SSSR count). The van der Waals surface area contributed by atoms with E-state index in [1.807, 2.05) is 0 Å². The highest BCUT2D eigenvalue weighted by Crippen LogP contribution is 2.24. The second-order valence-electron chi connectivity index (χ2n) is 2.30. The normalized spacial score (nSPS) is 9.77. The summed E-state index contributed by atoms with van der Waals surface area (Å²) in [6.07, 6.45) is 0. The first kappa shape index (κ1) is 10.3. The van der Waals surface area contributed by atoms with Crippen LogP contribution in [-0.4, -0.2) is 11.7 Å². The van der Waals surface area contributed by atoms with Crippen LogP contribution in [0, 0.1) is 5.82 Å². The average Bonchev–Trinajstić information content (AvgIpc) is 2.11. The fraction of sp³-hybridized carbons (Fsp3) is 0.125. The lowest BCUT2D eigenvalue weighted by Crippen LogP contribution is -2.14. The maximum Gasteiger partial charge on any atom is 0.234 e. The van der Waals surface area contributed by atoms with Crippen LogP contribution in [0.1, 0.15) is 0 Å². The lowest BCUT2D eigenvalue weighted by atomic mass is 10.3. The van der Waals surface area contributed by atoms with Gasteiger partial charge in [0.15, 0.2) is 0 Å². The Bertz CT molecular complexity index is 312. The van der Waals surface area contributed by atoms with E-state index >= 15 is 0 Å². The third kappa shape index (κ3) is 2.60. The Hall–Kier alpha value is -0.740. The van der Waals surface area contributed by atoms with Gasteiger partial charge in [0, 0.05) is 0 Å². The number of rotatable bonds is 2. The van der Waals surface area contributed by atoms with Crippen molar-refractivity contribution in [3.8, 4) is 0 Å². The van der Waals surface area contributed by atoms with Gasteiger partial charge in [0.1, 0.15) is 5.82 Å². The van der Waals surface area contributed by atoms with E-state index in [4.69, 9.17) is 11.6 Å². The van der Waals surface area contributed by atoms with Gasteiger partial charge in [-0.3, -0.25) is 4.79 Å². The standard InChI is InChI=1S/C8H7ClFNOS/c9-5-2-1-3-6(10)8(5)11-7(12)4-13/h1-3,13H,4H2,(H,11,12). The first-order valence-electron chi connectivity index (χ1n) is 3.50. The highest BCUT2D eigenvalue weighted by atomic mass is 35.5. The van der Waals surface area contributed by atoms with E-state index in [1.54, 1.807) is 0 Å². The zero-order chi connectivity index (χ0) is 9.84. The number of thiol groups is 1. The van der Waals surface area contributed by atoms with Crippen LogP contribution in [0.2, 0.25) is 5.02 Å². The molecule has 0 aliphatic carbocycles. The molecule has 0 bridgehead atoms. The van der Waals surface area contributed by atoms with Gasteiger partial charge >= 0.3 is 0 Å². The quantitative estimate of drug-likeness (QED) is 0.735. The lowest BCUT2D eigenvalue weighted by Gasteiger charge is -2.05. The second-order valence-corrected chi connectivity index (χ2v) is 3.03. The van der Waals surface area contributed by atoms with E-state index in [0.29, 0.717) is 0 Å². The van der Waals surface area contributed by atoms with Crippen LogP contribution in [-0.2, 0) is 4.79 Å². The monoisotopic (exact) mass is 219 g/mol. The van der Waals surface area contributed by atoms with Crippen molar-refractivity contribution in [2.75, 3.05) is 11.1 Å². The van der Waals surface area contributed by atoms with Crippen molar-refractivity contribution in [1.29, 1.82) is 0 Å². The molecule has 0 saturated carbocycles. The summed E-state index contributed by atoms with van der Waals surface area (Å²) in [6.45, 7) is 0. The number of benzene rings is 1. The van der Waals surface area contributed by atoms with Crippen molar-refractivity contribution in [3.63, 3.8) is 0 Å². The number of amides is 1. The Balaban J connectivity index is 2.93. The maximum atomic E-state index is 13.0. The van der Waals surface area contributed by atoms with E-state index in [0.717, 1.165) is 0 Å². The van der Waals surface area contributed by atoms with E-state index in [9.17, 15) is 9.18 Å². The van der Waals surface area contributed by atoms with Crippen molar-refractivity contribution >= 4 is 35.8 Å². The summed E-state index contributed by atoms with van der Waals surface area (Å²) in [5.41, 5.74) is 0.00298. The predicted octanol–water partition coefficient (Wildman–Crippen LogP) is 2.35. The maximum absolute atomic E-state index is 13.0. The zero-order valence-electron chi connectivity index (χ0n) is 6.55. The molecule has 1 aromatic carbocycles. The molecule has 0 radical (unpaired) electrons. The first-order chi connectivity index (χ1) is 6.15. The molecule has 0 unspecified atom stereocenters. The summed E-state index contributed by atoms with van der Waals surface area (Å²) in [7, 11) is 0. The number of halogens is 2. The number of carbonyl (C=O) groups is 1. The van der Waals surface area contributed by atoms with Gasteiger partial charge in [-0.2, -0.15) is 12.6 Å². The lowest BCUT2D eigenvalue weighted by molar-refractivity contribution is -0.113. The summed E-state index contributed by atoms with van der Waals surface area (Å²) in [6, 6.07) is 4.19. The second kappa shape index (κ2) is 4.48. The van der Waals surface area contributed by atoms with Gasteiger partial charge < -0.3 is 5.32 Å². The van der Waals surface area contributed by atoms with Crippen LogP contribution < -0.4 is 5.32 Å². The molecule has 0 spiro atoms. The summed E-state index contributed by atoms with van der Waals surface area (Å²) >= 11 is 9.39. The Morgan fingerprint density at radius 1 is 1.62 bits per heavy atom. The SMILES string of the molecule is O=C(CS)Nc1c(F)cccc1Cl. The molecule has 0 aliphatic heterocycles. The molecule has 1 N–H and O–H groups in total. The summed E-state index contributed by atoms with van der Waals surface area (Å²) in [5.74, 6) is -0.956. The summed E-state index contributed by atoms with van der Waals surface area (Å²) in [4.78, 5) is 10.9. The molecule has 70 valence electrons. The summed E-state index contributed by atoms with van der Waals surface area (Å²) in [5, 5.41) is 2.48. The van der Waals surface area contributed by atoms with Crippen LogP contribution in [0.25, 0.3) is 0 Å². The third-order valence-electron chi connectivity index (χ3n) is 1.37. The number of hydrogen-bond donors (Lipinski definition) is 2. The van der Waals surface area contributed by atoms with Crippen LogP contribution in [0.4, 0.5) is 10.1 Å². The van der Waals surface area contributed by atoms with Crippen LogP contribution in [0.3, 0.4) is 0 Å². The molecule has 0 fully saturated rings. The van der Waals surface area contributed by atoms with Gasteiger partial charge in [0.2, 0.25) is 5.91 Å². The van der Waals surface area contributed by atoms with Crippen LogP contribution in [0.5, 0.6) is 0 Å². The largest absolute Gasteiger partial charge is 0.322 e. The minimum atomic E-state index is -0.553. The van der Waals surface area contributed by atoms with Crippen molar-refractivity contribution in [2.45, 2.75) is 0 Å². The Kier molecular flexibility index (Phi) is 3.57. The topological polar surface area (TPSA) is 29.1 Å². The van der Waals surface area contributed by atoms with E-state index in [1.165, 1.54) is 18.2 Å². The number of anilines is 1. The van der Waals surface area contributed by atoms with Crippen molar-refractivity contribution < 1.29 is 9.18 Å².